The maximum atomic E-state index is 13.1. The lowest BCUT2D eigenvalue weighted by Crippen LogP contribution is -2.56. The summed E-state index contributed by atoms with van der Waals surface area (Å²) >= 11 is 0. The molecule has 1 fully saturated rings. The number of phenolic OH excluding ortho intramolecular Hbond substituents is 1. The van der Waals surface area contributed by atoms with E-state index >= 15 is 0 Å². The third-order valence-corrected chi connectivity index (χ3v) is 6.80. The summed E-state index contributed by atoms with van der Waals surface area (Å²) in [5.41, 5.74) is 5.36. The van der Waals surface area contributed by atoms with E-state index in [2.05, 4.69) is 29.2 Å². The molecule has 5 heteroatoms. The summed E-state index contributed by atoms with van der Waals surface area (Å²) in [5, 5.41) is 20.4. The first kappa shape index (κ1) is 20.7. The average Bonchev–Trinajstić information content (AvgIpc) is 2.84. The van der Waals surface area contributed by atoms with E-state index in [1.165, 1.54) is 11.1 Å². The predicted molar refractivity (Wildman–Crippen MR) is 124 cm³/mol. The quantitative estimate of drug-likeness (QED) is 0.668. The lowest BCUT2D eigenvalue weighted by atomic mass is 9.94. The summed E-state index contributed by atoms with van der Waals surface area (Å²) in [6.45, 7) is 2.83. The molecule has 0 radical (unpaired) electrons. The topological polar surface area (TPSA) is 64.0 Å². The Bertz CT molecular complexity index is 1090. The van der Waals surface area contributed by atoms with Crippen LogP contribution < -0.4 is 0 Å². The van der Waals surface area contributed by atoms with Gasteiger partial charge in [0.25, 0.3) is 5.91 Å². The Hall–Kier alpha value is -3.15. The molecule has 0 spiro atoms. The zero-order valence-corrected chi connectivity index (χ0v) is 18.0. The number of amides is 1. The Labute approximate surface area is 188 Å². The molecule has 164 valence electrons. The van der Waals surface area contributed by atoms with E-state index in [-0.39, 0.29) is 17.7 Å². The first-order chi connectivity index (χ1) is 15.6. The Balaban J connectivity index is 1.22. The van der Waals surface area contributed by atoms with Crippen LogP contribution in [0.1, 0.15) is 27.9 Å². The summed E-state index contributed by atoms with van der Waals surface area (Å²) in [5.74, 6) is 0.194. The van der Waals surface area contributed by atoms with Gasteiger partial charge in [-0.1, -0.05) is 48.5 Å². The Kier molecular flexibility index (Phi) is 5.68. The largest absolute Gasteiger partial charge is 0.508 e. The van der Waals surface area contributed by atoms with Crippen molar-refractivity contribution in [2.45, 2.75) is 31.5 Å². The minimum Gasteiger partial charge on any atom is -0.508 e. The van der Waals surface area contributed by atoms with Crippen molar-refractivity contribution in [3.8, 4) is 16.9 Å². The molecular weight excluding hydrogens is 400 g/mol. The minimum absolute atomic E-state index is 0.0382. The summed E-state index contributed by atoms with van der Waals surface area (Å²) < 4.78 is 0. The summed E-state index contributed by atoms with van der Waals surface area (Å²) in [7, 11) is 0. The van der Waals surface area contributed by atoms with Crippen molar-refractivity contribution >= 4 is 5.91 Å². The number of likely N-dealkylation sites (tertiary alicyclic amines) is 1. The van der Waals surface area contributed by atoms with E-state index in [0.717, 1.165) is 37.1 Å². The molecule has 32 heavy (non-hydrogen) atoms. The standard InChI is InChI=1S/C27H28N2O3/c30-24-11-9-21(10-12-24)20-5-7-22(8-6-20)27(32)29-16-14-25(26(31)18-29)28-15-13-19-3-1-2-4-23(19)17-28/h1-12,25-26,30-31H,13-18H2/t25-,26-/m1/s1. The van der Waals surface area contributed by atoms with Crippen LogP contribution in [0.5, 0.6) is 5.75 Å². The number of β-amino-alcohol motifs (C(OH)–C–C–N with tert-alkyl or cyclic N) is 1. The highest BCUT2D eigenvalue weighted by Crippen LogP contribution is 2.27. The maximum Gasteiger partial charge on any atom is 0.253 e. The number of piperidine rings is 1. The van der Waals surface area contributed by atoms with Crippen LogP contribution in [0.4, 0.5) is 0 Å². The number of hydrogen-bond donors (Lipinski definition) is 2. The number of nitrogens with zero attached hydrogens (tertiary/aromatic N) is 2. The summed E-state index contributed by atoms with van der Waals surface area (Å²) in [4.78, 5) is 17.2. The number of carbonyl (C=O) groups is 1. The number of aliphatic hydroxyl groups excluding tert-OH is 1. The molecule has 1 amide bonds. The van der Waals surface area contributed by atoms with Crippen LogP contribution in [0.15, 0.2) is 72.8 Å². The van der Waals surface area contributed by atoms with Crippen LogP contribution in [0, 0.1) is 0 Å². The summed E-state index contributed by atoms with van der Waals surface area (Å²) in [6.07, 6.45) is 1.24. The Morgan fingerprint density at radius 3 is 2.19 bits per heavy atom. The molecular formula is C27H28N2O3. The number of rotatable bonds is 3. The van der Waals surface area contributed by atoms with Gasteiger partial charge in [0.05, 0.1) is 6.10 Å². The van der Waals surface area contributed by atoms with Gasteiger partial charge < -0.3 is 15.1 Å². The van der Waals surface area contributed by atoms with Crippen LogP contribution in [-0.2, 0) is 13.0 Å². The molecule has 1 saturated heterocycles. The second kappa shape index (κ2) is 8.77. The van der Waals surface area contributed by atoms with Crippen molar-refractivity contribution in [3.05, 3.63) is 89.5 Å². The minimum atomic E-state index is -0.547. The number of phenols is 1. The lowest BCUT2D eigenvalue weighted by Gasteiger charge is -2.43. The van der Waals surface area contributed by atoms with Crippen molar-refractivity contribution < 1.29 is 15.0 Å². The fraction of sp³-hybridized carbons (Fsp3) is 0.296. The van der Waals surface area contributed by atoms with Crippen LogP contribution in [0.3, 0.4) is 0 Å². The second-order valence-electron chi connectivity index (χ2n) is 8.79. The van der Waals surface area contributed by atoms with Crippen LogP contribution in [0.25, 0.3) is 11.1 Å². The molecule has 5 rings (SSSR count). The highest BCUT2D eigenvalue weighted by Gasteiger charge is 2.35. The molecule has 0 bridgehead atoms. The molecule has 2 heterocycles. The average molecular weight is 429 g/mol. The normalized spacial score (nSPS) is 21.2. The first-order valence-electron chi connectivity index (χ1n) is 11.3. The maximum absolute atomic E-state index is 13.1. The van der Waals surface area contributed by atoms with Gasteiger partial charge in [-0.15, -0.1) is 0 Å². The third-order valence-electron chi connectivity index (χ3n) is 6.80. The van der Waals surface area contributed by atoms with Crippen molar-refractivity contribution in [1.82, 2.24) is 9.80 Å². The van der Waals surface area contributed by atoms with E-state index in [0.29, 0.717) is 18.7 Å². The van der Waals surface area contributed by atoms with Gasteiger partial charge in [-0.3, -0.25) is 9.69 Å². The van der Waals surface area contributed by atoms with Crippen molar-refractivity contribution in [1.29, 1.82) is 0 Å². The first-order valence-corrected chi connectivity index (χ1v) is 11.3. The molecule has 0 unspecified atom stereocenters. The molecule has 2 aliphatic heterocycles. The number of aliphatic hydroxyl groups is 1. The van der Waals surface area contributed by atoms with Gasteiger partial charge in [0, 0.05) is 37.8 Å². The number of aromatic hydroxyl groups is 1. The van der Waals surface area contributed by atoms with E-state index in [1.807, 2.05) is 36.4 Å². The second-order valence-corrected chi connectivity index (χ2v) is 8.79. The van der Waals surface area contributed by atoms with Crippen LogP contribution in [0.2, 0.25) is 0 Å². The van der Waals surface area contributed by atoms with E-state index in [1.54, 1.807) is 17.0 Å². The monoisotopic (exact) mass is 428 g/mol. The fourth-order valence-corrected chi connectivity index (χ4v) is 4.97. The molecule has 0 aliphatic carbocycles. The van der Waals surface area contributed by atoms with E-state index in [9.17, 15) is 15.0 Å². The molecule has 2 atom stereocenters. The fourth-order valence-electron chi connectivity index (χ4n) is 4.97. The third kappa shape index (κ3) is 4.14. The van der Waals surface area contributed by atoms with Crippen LogP contribution >= 0.6 is 0 Å². The van der Waals surface area contributed by atoms with Crippen molar-refractivity contribution in [3.63, 3.8) is 0 Å². The van der Waals surface area contributed by atoms with Gasteiger partial charge in [-0.2, -0.15) is 0 Å². The number of carbonyl (C=O) groups excluding carboxylic acids is 1. The van der Waals surface area contributed by atoms with Gasteiger partial charge >= 0.3 is 0 Å². The zero-order valence-electron chi connectivity index (χ0n) is 18.0. The van der Waals surface area contributed by atoms with Crippen molar-refractivity contribution in [2.24, 2.45) is 0 Å². The molecule has 3 aromatic rings. The Morgan fingerprint density at radius 1 is 0.844 bits per heavy atom. The highest BCUT2D eigenvalue weighted by molar-refractivity contribution is 5.94. The number of benzene rings is 3. The smallest absolute Gasteiger partial charge is 0.253 e. The molecule has 3 aromatic carbocycles. The van der Waals surface area contributed by atoms with Crippen LogP contribution in [-0.4, -0.2) is 57.7 Å². The molecule has 5 nitrogen and oxygen atoms in total. The molecule has 2 aliphatic rings. The predicted octanol–water partition coefficient (Wildman–Crippen LogP) is 3.69. The molecule has 0 saturated carbocycles. The Morgan fingerprint density at radius 2 is 1.50 bits per heavy atom. The van der Waals surface area contributed by atoms with Gasteiger partial charge in [0.15, 0.2) is 0 Å². The molecule has 0 aromatic heterocycles. The number of hydrogen-bond acceptors (Lipinski definition) is 4. The number of fused-ring (bicyclic) bond motifs is 1. The van der Waals surface area contributed by atoms with Gasteiger partial charge in [0.1, 0.15) is 5.75 Å². The molecule has 2 N–H and O–H groups in total. The van der Waals surface area contributed by atoms with E-state index < -0.39 is 6.10 Å². The lowest BCUT2D eigenvalue weighted by molar-refractivity contribution is -0.0137. The SMILES string of the molecule is O=C(c1ccc(-c2ccc(O)cc2)cc1)N1CC[C@@H](N2CCc3ccccc3C2)[C@H](O)C1. The zero-order chi connectivity index (χ0) is 22.1. The van der Waals surface area contributed by atoms with E-state index in [4.69, 9.17) is 0 Å². The van der Waals surface area contributed by atoms with Gasteiger partial charge in [-0.05, 0) is 59.4 Å². The highest BCUT2D eigenvalue weighted by atomic mass is 16.3. The van der Waals surface area contributed by atoms with Crippen molar-refractivity contribution in [2.75, 3.05) is 19.6 Å². The van der Waals surface area contributed by atoms with Gasteiger partial charge in [-0.25, -0.2) is 0 Å². The summed E-state index contributed by atoms with van der Waals surface area (Å²) in [6, 6.07) is 23.2. The van der Waals surface area contributed by atoms with Gasteiger partial charge in [0.2, 0.25) is 0 Å².